The van der Waals surface area contributed by atoms with Gasteiger partial charge in [-0.05, 0) is 20.3 Å². The summed E-state index contributed by atoms with van der Waals surface area (Å²) in [5.74, 6) is -2.16. The molecule has 24 heavy (non-hydrogen) atoms. The zero-order valence-corrected chi connectivity index (χ0v) is 14.8. The minimum Gasteiger partial charge on any atom is -0.466 e. The van der Waals surface area contributed by atoms with Crippen molar-refractivity contribution in [3.05, 3.63) is 0 Å². The number of hydrogen-bond acceptors (Lipinski definition) is 7. The second-order valence-corrected chi connectivity index (χ2v) is 6.58. The van der Waals surface area contributed by atoms with Crippen LogP contribution in [0.1, 0.15) is 26.7 Å². The molecule has 1 atom stereocenters. The molecule has 0 saturated carbocycles. The van der Waals surface area contributed by atoms with E-state index in [4.69, 9.17) is 9.47 Å². The van der Waals surface area contributed by atoms with Crippen LogP contribution >= 0.6 is 0 Å². The Morgan fingerprint density at radius 3 is 2.29 bits per heavy atom. The van der Waals surface area contributed by atoms with Gasteiger partial charge in [0.2, 0.25) is 10.0 Å². The average molecular weight is 368 g/mol. The predicted molar refractivity (Wildman–Crippen MR) is 84.0 cm³/mol. The highest BCUT2D eigenvalue weighted by molar-refractivity contribution is 7.89. The number of sulfonamides is 1. The Labute approximate surface area is 141 Å². The van der Waals surface area contributed by atoms with E-state index in [0.29, 0.717) is 0 Å². The summed E-state index contributed by atoms with van der Waals surface area (Å²) in [6, 6.07) is -1.34. The molecule has 0 aliphatic carbocycles. The third-order valence-corrected chi connectivity index (χ3v) is 4.18. The number of carbonyl (C=O) groups excluding carboxylic acids is 3. The van der Waals surface area contributed by atoms with Gasteiger partial charge in [0.15, 0.2) is 6.54 Å². The van der Waals surface area contributed by atoms with E-state index in [1.165, 1.54) is 0 Å². The van der Waals surface area contributed by atoms with Gasteiger partial charge in [-0.15, -0.1) is 0 Å². The number of hydrogen-bond donors (Lipinski definition) is 3. The molecule has 0 aromatic rings. The number of ether oxygens (including phenoxy) is 2. The minimum atomic E-state index is -3.83. The fourth-order valence-electron chi connectivity index (χ4n) is 1.66. The molecule has 0 radical (unpaired) electrons. The molecule has 1 unspecified atom stereocenters. The molecule has 5 N–H and O–H groups in total. The van der Waals surface area contributed by atoms with Gasteiger partial charge in [-0.3, -0.25) is 14.4 Å². The van der Waals surface area contributed by atoms with Gasteiger partial charge in [-0.25, -0.2) is 13.1 Å². The Hall–Kier alpha value is -1.72. The van der Waals surface area contributed by atoms with E-state index in [1.807, 2.05) is 0 Å². The smallest absolute Gasteiger partial charge is 0.324 e. The van der Waals surface area contributed by atoms with Crippen LogP contribution in [0.2, 0.25) is 0 Å². The van der Waals surface area contributed by atoms with Crippen molar-refractivity contribution < 1.29 is 38.0 Å². The molecule has 0 rings (SSSR count). The van der Waals surface area contributed by atoms with Crippen molar-refractivity contribution in [2.24, 2.45) is 0 Å². The largest absolute Gasteiger partial charge is 0.466 e. The number of nitrogens with one attached hydrogen (secondary N) is 2. The Bertz CT molecular complexity index is 522. The maximum atomic E-state index is 12.0. The van der Waals surface area contributed by atoms with Crippen LogP contribution < -0.4 is 15.8 Å². The molecule has 0 aliphatic heterocycles. The maximum Gasteiger partial charge on any atom is 0.324 e. The predicted octanol–water partition coefficient (Wildman–Crippen LogP) is -2.46. The fourth-order valence-corrected chi connectivity index (χ4v) is 2.91. The van der Waals surface area contributed by atoms with Gasteiger partial charge in [0.25, 0.3) is 5.91 Å². The van der Waals surface area contributed by atoms with Crippen LogP contribution in [0, 0.1) is 0 Å². The summed E-state index contributed by atoms with van der Waals surface area (Å²) in [6.45, 7) is 3.57. The van der Waals surface area contributed by atoms with Gasteiger partial charge in [0.1, 0.15) is 6.04 Å². The van der Waals surface area contributed by atoms with E-state index in [0.717, 1.165) is 0 Å². The van der Waals surface area contributed by atoms with Crippen molar-refractivity contribution in [1.82, 2.24) is 10.0 Å². The third kappa shape index (κ3) is 10.1. The quantitative estimate of drug-likeness (QED) is 0.255. The third-order valence-electron chi connectivity index (χ3n) is 2.71. The highest BCUT2D eigenvalue weighted by Gasteiger charge is 2.28. The summed E-state index contributed by atoms with van der Waals surface area (Å²) in [5.41, 5.74) is 3.39. The summed E-state index contributed by atoms with van der Waals surface area (Å²) < 4.78 is 35.6. The molecule has 0 aromatic carbocycles. The van der Waals surface area contributed by atoms with E-state index in [2.05, 4.69) is 15.8 Å². The van der Waals surface area contributed by atoms with Crippen LogP contribution in [0.4, 0.5) is 0 Å². The summed E-state index contributed by atoms with van der Waals surface area (Å²) in [7, 11) is -3.83. The topological polar surface area (TPSA) is 156 Å². The van der Waals surface area contributed by atoms with Crippen LogP contribution in [-0.2, 0) is 33.9 Å². The van der Waals surface area contributed by atoms with Crippen molar-refractivity contribution >= 4 is 27.9 Å². The molecule has 0 heterocycles. The summed E-state index contributed by atoms with van der Waals surface area (Å²) >= 11 is 0. The first-order valence-electron chi connectivity index (χ1n) is 7.63. The second-order valence-electron chi connectivity index (χ2n) is 4.70. The molecular formula is C13H26N3O7S+. The molecule has 0 aliphatic rings. The normalized spacial score (nSPS) is 12.3. The number of rotatable bonds is 12. The maximum absolute atomic E-state index is 12.0. The lowest BCUT2D eigenvalue weighted by molar-refractivity contribution is -0.355. The van der Waals surface area contributed by atoms with E-state index in [9.17, 15) is 22.8 Å². The lowest BCUT2D eigenvalue weighted by Crippen LogP contribution is -2.57. The molecule has 0 fully saturated rings. The Kier molecular flexibility index (Phi) is 10.9. The first kappa shape index (κ1) is 22.3. The summed E-state index contributed by atoms with van der Waals surface area (Å²) in [5, 5.41) is 2.49. The number of amides is 1. The molecule has 0 aromatic heterocycles. The highest BCUT2D eigenvalue weighted by Crippen LogP contribution is 2.02. The zero-order valence-electron chi connectivity index (χ0n) is 14.0. The monoisotopic (exact) mass is 368 g/mol. The van der Waals surface area contributed by atoms with E-state index >= 15 is 0 Å². The average Bonchev–Trinajstić information content (AvgIpc) is 2.51. The second kappa shape index (κ2) is 11.8. The molecule has 0 bridgehead atoms. The Balaban J connectivity index is 4.64. The van der Waals surface area contributed by atoms with Crippen molar-refractivity contribution in [3.63, 3.8) is 0 Å². The zero-order chi connectivity index (χ0) is 18.6. The van der Waals surface area contributed by atoms with Crippen LogP contribution in [-0.4, -0.2) is 64.4 Å². The molecule has 1 amide bonds. The Morgan fingerprint density at radius 2 is 1.75 bits per heavy atom. The molecular weight excluding hydrogens is 342 g/mol. The van der Waals surface area contributed by atoms with Crippen molar-refractivity contribution in [1.29, 1.82) is 0 Å². The van der Waals surface area contributed by atoms with Crippen LogP contribution in [0.15, 0.2) is 0 Å². The van der Waals surface area contributed by atoms with Crippen molar-refractivity contribution in [3.8, 4) is 0 Å². The lowest BCUT2D eigenvalue weighted by atomic mass is 10.2. The summed E-state index contributed by atoms with van der Waals surface area (Å²) in [4.78, 5) is 34.3. The van der Waals surface area contributed by atoms with Crippen LogP contribution in [0.5, 0.6) is 0 Å². The van der Waals surface area contributed by atoms with E-state index < -0.39 is 34.4 Å². The fraction of sp³-hybridized carbons (Fsp3) is 0.769. The van der Waals surface area contributed by atoms with Gasteiger partial charge < -0.3 is 20.5 Å². The molecule has 0 saturated heterocycles. The van der Waals surface area contributed by atoms with Crippen molar-refractivity contribution in [2.75, 3.05) is 32.1 Å². The Morgan fingerprint density at radius 1 is 1.12 bits per heavy atom. The highest BCUT2D eigenvalue weighted by atomic mass is 32.2. The number of esters is 2. The van der Waals surface area contributed by atoms with Gasteiger partial charge in [0.05, 0.1) is 25.4 Å². The molecule has 10 nitrogen and oxygen atoms in total. The number of carbonyl (C=O) groups is 3. The van der Waals surface area contributed by atoms with E-state index in [-0.39, 0.29) is 44.4 Å². The molecule has 11 heteroatoms. The molecule has 140 valence electrons. The van der Waals surface area contributed by atoms with Crippen molar-refractivity contribution in [2.45, 2.75) is 32.7 Å². The molecule has 0 spiro atoms. The standard InChI is InChI=1S/C13H25N3O7S/c1-3-22-12(18)8-10(13(19)23-4-2)16-24(20,21)7-5-6-15-11(17)9-14/h10,16H,3-9,14H2,1-2H3,(H,15,17)/p+1. The number of quaternary nitrogens is 1. The first-order chi connectivity index (χ1) is 11.3. The van der Waals surface area contributed by atoms with Gasteiger partial charge >= 0.3 is 11.9 Å². The summed E-state index contributed by atoms with van der Waals surface area (Å²) in [6.07, 6.45) is -0.305. The van der Waals surface area contributed by atoms with Crippen LogP contribution in [0.3, 0.4) is 0 Å². The first-order valence-corrected chi connectivity index (χ1v) is 9.29. The van der Waals surface area contributed by atoms with Gasteiger partial charge in [0, 0.05) is 6.54 Å². The SMILES string of the molecule is CCOC(=O)CC(NS(=O)(=O)CCCNC(=O)C[NH3+])C(=O)OCC. The van der Waals surface area contributed by atoms with Gasteiger partial charge in [-0.2, -0.15) is 0 Å². The van der Waals surface area contributed by atoms with E-state index in [1.54, 1.807) is 13.8 Å². The lowest BCUT2D eigenvalue weighted by Gasteiger charge is -2.16. The van der Waals surface area contributed by atoms with Crippen LogP contribution in [0.25, 0.3) is 0 Å². The minimum absolute atomic E-state index is 0.0526. The van der Waals surface area contributed by atoms with Gasteiger partial charge in [-0.1, -0.05) is 0 Å².